The van der Waals surface area contributed by atoms with E-state index in [1.54, 1.807) is 36.4 Å². The second-order valence-electron chi connectivity index (χ2n) is 7.88. The quantitative estimate of drug-likeness (QED) is 0.330. The zero-order valence-corrected chi connectivity index (χ0v) is 20.2. The van der Waals surface area contributed by atoms with Crippen LogP contribution < -0.4 is 10.0 Å². The van der Waals surface area contributed by atoms with Gasteiger partial charge in [0.25, 0.3) is 5.91 Å². The van der Waals surface area contributed by atoms with E-state index in [9.17, 15) is 22.8 Å². The van der Waals surface area contributed by atoms with Crippen molar-refractivity contribution in [2.24, 2.45) is 0 Å². The number of carbonyl (C=O) groups excluding carboxylic acids is 3. The molecule has 1 atom stereocenters. The highest BCUT2D eigenvalue weighted by molar-refractivity contribution is 7.89. The lowest BCUT2D eigenvalue weighted by Crippen LogP contribution is -2.43. The van der Waals surface area contributed by atoms with Gasteiger partial charge in [0.2, 0.25) is 10.0 Å². The first-order valence-corrected chi connectivity index (χ1v) is 12.3. The number of rotatable bonds is 10. The molecule has 8 nitrogen and oxygen atoms in total. The standard InChI is InChI=1S/C26H26N2O6S/c1-18-8-10-20(11-9-18)24(29)17-27-25(30)21-12-14-22(15-13-21)35(32,33)28-23(26(31)34-2)16-19-6-4-3-5-7-19/h3-15,23,28H,16-17H2,1-2H3,(H,27,30)/t23-/m1/s1. The fourth-order valence-electron chi connectivity index (χ4n) is 3.31. The summed E-state index contributed by atoms with van der Waals surface area (Å²) >= 11 is 0. The van der Waals surface area contributed by atoms with Crippen molar-refractivity contribution >= 4 is 27.7 Å². The molecule has 0 bridgehead atoms. The van der Waals surface area contributed by atoms with Crippen LogP contribution in [0.25, 0.3) is 0 Å². The molecule has 182 valence electrons. The molecule has 0 saturated heterocycles. The Morgan fingerprint density at radius 2 is 1.46 bits per heavy atom. The molecule has 0 radical (unpaired) electrons. The van der Waals surface area contributed by atoms with Crippen molar-refractivity contribution in [2.75, 3.05) is 13.7 Å². The predicted octanol–water partition coefficient (Wildman–Crippen LogP) is 2.67. The first-order chi connectivity index (χ1) is 16.7. The predicted molar refractivity (Wildman–Crippen MR) is 131 cm³/mol. The normalized spacial score (nSPS) is 11.9. The zero-order valence-electron chi connectivity index (χ0n) is 19.4. The van der Waals surface area contributed by atoms with Crippen LogP contribution in [0.1, 0.15) is 31.8 Å². The number of sulfonamides is 1. The van der Waals surface area contributed by atoms with Crippen LogP contribution in [0.3, 0.4) is 0 Å². The van der Waals surface area contributed by atoms with Crippen LogP contribution in [0.5, 0.6) is 0 Å². The number of Topliss-reactive ketones (excluding diaryl/α,β-unsaturated/α-hetero) is 1. The van der Waals surface area contributed by atoms with Gasteiger partial charge in [0.05, 0.1) is 18.6 Å². The number of ether oxygens (including phenoxy) is 1. The molecule has 0 unspecified atom stereocenters. The summed E-state index contributed by atoms with van der Waals surface area (Å²) in [6.07, 6.45) is 0.113. The summed E-state index contributed by atoms with van der Waals surface area (Å²) < 4.78 is 32.9. The fourth-order valence-corrected chi connectivity index (χ4v) is 4.49. The Labute approximate surface area is 204 Å². The second kappa shape index (κ2) is 11.5. The summed E-state index contributed by atoms with van der Waals surface area (Å²) in [5, 5.41) is 2.54. The molecule has 3 aromatic rings. The number of benzene rings is 3. The Morgan fingerprint density at radius 1 is 0.857 bits per heavy atom. The van der Waals surface area contributed by atoms with Gasteiger partial charge in [-0.15, -0.1) is 0 Å². The highest BCUT2D eigenvalue weighted by atomic mass is 32.2. The Morgan fingerprint density at radius 3 is 2.06 bits per heavy atom. The SMILES string of the molecule is COC(=O)[C@@H](Cc1ccccc1)NS(=O)(=O)c1ccc(C(=O)NCC(=O)c2ccc(C)cc2)cc1. The van der Waals surface area contributed by atoms with E-state index in [1.165, 1.54) is 31.4 Å². The molecule has 0 aliphatic rings. The van der Waals surface area contributed by atoms with E-state index >= 15 is 0 Å². The van der Waals surface area contributed by atoms with Crippen LogP contribution in [0.15, 0.2) is 83.8 Å². The fraction of sp³-hybridized carbons (Fsp3) is 0.192. The molecule has 3 rings (SSSR count). The maximum Gasteiger partial charge on any atom is 0.324 e. The first kappa shape index (κ1) is 25.8. The van der Waals surface area contributed by atoms with Gasteiger partial charge in [-0.05, 0) is 43.2 Å². The van der Waals surface area contributed by atoms with Gasteiger partial charge in [0.15, 0.2) is 5.78 Å². The lowest BCUT2D eigenvalue weighted by molar-refractivity contribution is -0.142. The summed E-state index contributed by atoms with van der Waals surface area (Å²) in [6.45, 7) is 1.72. The minimum Gasteiger partial charge on any atom is -0.468 e. The highest BCUT2D eigenvalue weighted by Gasteiger charge is 2.27. The Balaban J connectivity index is 1.65. The van der Waals surface area contributed by atoms with Gasteiger partial charge in [-0.1, -0.05) is 60.2 Å². The van der Waals surface area contributed by atoms with Crippen molar-refractivity contribution in [2.45, 2.75) is 24.3 Å². The van der Waals surface area contributed by atoms with E-state index in [0.29, 0.717) is 5.56 Å². The van der Waals surface area contributed by atoms with Crippen molar-refractivity contribution < 1.29 is 27.5 Å². The van der Waals surface area contributed by atoms with Crippen LogP contribution in [-0.4, -0.2) is 45.8 Å². The molecule has 0 saturated carbocycles. The zero-order chi connectivity index (χ0) is 25.4. The number of hydrogen-bond donors (Lipinski definition) is 2. The molecular weight excluding hydrogens is 468 g/mol. The molecule has 1 amide bonds. The van der Waals surface area contributed by atoms with E-state index in [4.69, 9.17) is 4.74 Å². The number of ketones is 1. The molecule has 0 heterocycles. The average Bonchev–Trinajstić information content (AvgIpc) is 2.87. The third-order valence-electron chi connectivity index (χ3n) is 5.28. The van der Waals surface area contributed by atoms with E-state index in [0.717, 1.165) is 11.1 Å². The second-order valence-corrected chi connectivity index (χ2v) is 9.60. The molecule has 2 N–H and O–H groups in total. The number of methoxy groups -OCH3 is 1. The average molecular weight is 495 g/mol. The largest absolute Gasteiger partial charge is 0.468 e. The van der Waals surface area contributed by atoms with Crippen LogP contribution in [0.2, 0.25) is 0 Å². The van der Waals surface area contributed by atoms with Crippen molar-refractivity contribution in [3.63, 3.8) is 0 Å². The van der Waals surface area contributed by atoms with E-state index in [2.05, 4.69) is 10.0 Å². The van der Waals surface area contributed by atoms with Gasteiger partial charge in [0, 0.05) is 11.1 Å². The lowest BCUT2D eigenvalue weighted by atomic mass is 10.1. The van der Waals surface area contributed by atoms with Gasteiger partial charge in [-0.2, -0.15) is 4.72 Å². The molecule has 35 heavy (non-hydrogen) atoms. The summed E-state index contributed by atoms with van der Waals surface area (Å²) in [7, 11) is -2.89. The van der Waals surface area contributed by atoms with Crippen LogP contribution >= 0.6 is 0 Å². The smallest absolute Gasteiger partial charge is 0.324 e. The molecule has 3 aromatic carbocycles. The summed E-state index contributed by atoms with van der Waals surface area (Å²) in [4.78, 5) is 36.7. The number of hydrogen-bond acceptors (Lipinski definition) is 6. The molecule has 0 aromatic heterocycles. The number of esters is 1. The Hall–Kier alpha value is -3.82. The molecule has 0 spiro atoms. The molecule has 9 heteroatoms. The summed E-state index contributed by atoms with van der Waals surface area (Å²) in [5.74, 6) is -1.47. The molecule has 0 aliphatic heterocycles. The third kappa shape index (κ3) is 7.08. The Bertz CT molecular complexity index is 1290. The first-order valence-electron chi connectivity index (χ1n) is 10.8. The maximum atomic E-state index is 12.9. The van der Waals surface area contributed by atoms with Gasteiger partial charge in [-0.3, -0.25) is 14.4 Å². The molecule has 0 fully saturated rings. The third-order valence-corrected chi connectivity index (χ3v) is 6.76. The van der Waals surface area contributed by atoms with Gasteiger partial charge >= 0.3 is 5.97 Å². The molecular formula is C26H26N2O6S. The maximum absolute atomic E-state index is 12.9. The summed E-state index contributed by atoms with van der Waals surface area (Å²) in [5.41, 5.74) is 2.46. The highest BCUT2D eigenvalue weighted by Crippen LogP contribution is 2.14. The van der Waals surface area contributed by atoms with Crippen LogP contribution in [-0.2, 0) is 26.0 Å². The number of nitrogens with one attached hydrogen (secondary N) is 2. The summed E-state index contributed by atoms with van der Waals surface area (Å²) in [6, 6.07) is 20.0. The number of aryl methyl sites for hydroxylation is 1. The van der Waals surface area contributed by atoms with Crippen molar-refractivity contribution in [1.82, 2.24) is 10.0 Å². The topological polar surface area (TPSA) is 119 Å². The van der Waals surface area contributed by atoms with Crippen molar-refractivity contribution in [3.05, 3.63) is 101 Å². The van der Waals surface area contributed by atoms with Gasteiger partial charge in [0.1, 0.15) is 6.04 Å². The van der Waals surface area contributed by atoms with Crippen molar-refractivity contribution in [1.29, 1.82) is 0 Å². The van der Waals surface area contributed by atoms with E-state index in [1.807, 2.05) is 25.1 Å². The van der Waals surface area contributed by atoms with Gasteiger partial charge in [-0.25, -0.2) is 8.42 Å². The van der Waals surface area contributed by atoms with Gasteiger partial charge < -0.3 is 10.1 Å². The lowest BCUT2D eigenvalue weighted by Gasteiger charge is -2.17. The van der Waals surface area contributed by atoms with Crippen LogP contribution in [0, 0.1) is 6.92 Å². The molecule has 0 aliphatic carbocycles. The van der Waals surface area contributed by atoms with Crippen molar-refractivity contribution in [3.8, 4) is 0 Å². The van der Waals surface area contributed by atoms with Crippen LogP contribution in [0.4, 0.5) is 0 Å². The number of amides is 1. The van der Waals surface area contributed by atoms with E-state index < -0.39 is 27.9 Å². The monoisotopic (exact) mass is 494 g/mol. The minimum absolute atomic E-state index is 0.113. The minimum atomic E-state index is -4.08. The van der Waals surface area contributed by atoms with E-state index in [-0.39, 0.29) is 29.2 Å². The Kier molecular flexibility index (Phi) is 8.51. The number of carbonyl (C=O) groups is 3.